The molecule has 0 aliphatic rings. The van der Waals surface area contributed by atoms with Crippen molar-refractivity contribution in [3.05, 3.63) is 14.8 Å². The summed E-state index contributed by atoms with van der Waals surface area (Å²) in [4.78, 5) is 6.10. The summed E-state index contributed by atoms with van der Waals surface area (Å²) in [6.45, 7) is 0. The molecule has 64 valence electrons. The van der Waals surface area contributed by atoms with Gasteiger partial charge in [0.15, 0.2) is 0 Å². The summed E-state index contributed by atoms with van der Waals surface area (Å²) >= 11 is -1.61. The van der Waals surface area contributed by atoms with E-state index in [9.17, 15) is 0 Å². The van der Waals surface area contributed by atoms with Gasteiger partial charge in [-0.25, -0.2) is 0 Å². The molecular formula is C4H8I2N4U-2. The SMILES string of the molecule is [CH2-]I(C)c1cn([I-]N)nn1.[U]. The monoisotopic (exact) mass is 604 g/mol. The van der Waals surface area contributed by atoms with Crippen molar-refractivity contribution in [2.24, 2.45) is 3.95 Å². The van der Waals surface area contributed by atoms with Crippen LogP contribution in [0.4, 0.5) is 0 Å². The molecule has 0 fully saturated rings. The second-order valence-corrected chi connectivity index (χ2v) is 7.64. The Kier molecular flexibility index (Phi) is 7.02. The minimum Gasteiger partial charge on any atom is 0 e. The molecule has 7 heteroatoms. The van der Waals surface area contributed by atoms with Crippen molar-refractivity contribution in [3.8, 4) is 0 Å². The first kappa shape index (κ1) is 12.6. The van der Waals surface area contributed by atoms with Crippen LogP contribution in [0.25, 0.3) is 0 Å². The molecule has 1 aromatic rings. The van der Waals surface area contributed by atoms with Gasteiger partial charge in [0, 0.05) is 31.1 Å². The topological polar surface area (TPSA) is 56.7 Å². The zero-order valence-corrected chi connectivity index (χ0v) is 14.4. The van der Waals surface area contributed by atoms with E-state index in [2.05, 4.69) is 20.2 Å². The Morgan fingerprint density at radius 1 is 1.82 bits per heavy atom. The molecule has 1 heterocycles. The Balaban J connectivity index is 0.000001000. The molecule has 0 radical (unpaired) electrons. The third-order valence-corrected chi connectivity index (χ3v) is 4.29. The predicted octanol–water partition coefficient (Wildman–Crippen LogP) is -2.90. The summed E-state index contributed by atoms with van der Waals surface area (Å²) in [6, 6.07) is 0. The van der Waals surface area contributed by atoms with E-state index in [1.54, 1.807) is 2.90 Å². The van der Waals surface area contributed by atoms with Crippen LogP contribution in [0.15, 0.2) is 6.20 Å². The molecule has 0 bridgehead atoms. The maximum absolute atomic E-state index is 5.43. The average molecular weight is 604 g/mol. The first-order valence-electron chi connectivity index (χ1n) is 2.39. The molecule has 0 saturated carbocycles. The first-order valence-corrected chi connectivity index (χ1v) is 9.36. The smallest absolute Gasteiger partial charge is 0 e. The van der Waals surface area contributed by atoms with Gasteiger partial charge in [0.05, 0.1) is 0 Å². The summed E-state index contributed by atoms with van der Waals surface area (Å²) < 4.78 is 8.22. The molecule has 2 N–H and O–H groups in total. The molecule has 0 aliphatic carbocycles. The summed E-state index contributed by atoms with van der Waals surface area (Å²) in [5, 5.41) is 7.80. The Bertz CT molecular complexity index is 214. The fourth-order valence-electron chi connectivity index (χ4n) is 0.421. The van der Waals surface area contributed by atoms with E-state index in [1.165, 1.54) is 0 Å². The number of nitrogens with two attached hydrogens (primary N) is 1. The molecule has 4 nitrogen and oxygen atoms in total. The summed E-state index contributed by atoms with van der Waals surface area (Å²) in [5.74, 6) is 0. The van der Waals surface area contributed by atoms with Gasteiger partial charge in [0.25, 0.3) is 0 Å². The number of aromatic nitrogens is 3. The Hall–Kier alpha value is 1.61. The van der Waals surface area contributed by atoms with E-state index in [0.717, 1.165) is 3.70 Å². The summed E-state index contributed by atoms with van der Waals surface area (Å²) in [5.41, 5.74) is 0. The molecule has 1 aromatic heterocycles. The van der Waals surface area contributed by atoms with Gasteiger partial charge >= 0.3 is 78.5 Å². The molecule has 0 spiro atoms. The second kappa shape index (κ2) is 6.12. The molecule has 1 rings (SSSR count). The third-order valence-electron chi connectivity index (χ3n) is 0.869. The maximum atomic E-state index is 5.43. The summed E-state index contributed by atoms with van der Waals surface area (Å²) in [6.07, 6.45) is 1.92. The van der Waals surface area contributed by atoms with Gasteiger partial charge in [-0.2, -0.15) is 0 Å². The summed E-state index contributed by atoms with van der Waals surface area (Å²) in [7, 11) is 0. The van der Waals surface area contributed by atoms with Crippen LogP contribution in [0.5, 0.6) is 0 Å². The fraction of sp³-hybridized carbons (Fsp3) is 0.250. The van der Waals surface area contributed by atoms with Crippen LogP contribution in [0.3, 0.4) is 0 Å². The van der Waals surface area contributed by atoms with E-state index in [-0.39, 0.29) is 31.1 Å². The minimum atomic E-state index is -1.16. The molecule has 0 aromatic carbocycles. The Morgan fingerprint density at radius 2 is 2.45 bits per heavy atom. The van der Waals surface area contributed by atoms with E-state index in [1.807, 2.05) is 6.20 Å². The van der Waals surface area contributed by atoms with Crippen molar-refractivity contribution in [2.75, 3.05) is 4.93 Å². The number of rotatable bonds is 2. The molecule has 0 atom stereocenters. The first-order chi connectivity index (χ1) is 4.74. The number of hydrogen-bond donors (Lipinski definition) is 1. The third kappa shape index (κ3) is 3.89. The Morgan fingerprint density at radius 3 is 2.73 bits per heavy atom. The number of halogens is 2. The standard InChI is InChI=1S/C4H8I2N4.U/c1-6(2)4-3-10(5-7)9-8-4;/h3H,1,7H2,2H3;/q-2;. The van der Waals surface area contributed by atoms with Gasteiger partial charge in [-0.1, -0.05) is 0 Å². The van der Waals surface area contributed by atoms with Crippen LogP contribution in [-0.2, 0) is 0 Å². The molecule has 0 aliphatic heterocycles. The fourth-order valence-corrected chi connectivity index (χ4v) is 2.79. The zero-order chi connectivity index (χ0) is 7.56. The van der Waals surface area contributed by atoms with Crippen molar-refractivity contribution in [1.82, 2.24) is 13.2 Å². The quantitative estimate of drug-likeness (QED) is 0.171. The largest absolute Gasteiger partial charge is 0 e. The van der Waals surface area contributed by atoms with Crippen LogP contribution in [-0.4, -0.2) is 18.1 Å². The minimum absolute atomic E-state index is 0. The zero-order valence-electron chi connectivity index (χ0n) is 5.96. The normalized spacial score (nSPS) is 11.0. The van der Waals surface area contributed by atoms with Gasteiger partial charge in [-0.15, -0.1) is 0 Å². The molecule has 0 amide bonds. The van der Waals surface area contributed by atoms with Crippen LogP contribution in [0, 0.1) is 39.7 Å². The van der Waals surface area contributed by atoms with Crippen molar-refractivity contribution in [1.29, 1.82) is 0 Å². The molecule has 0 unspecified atom stereocenters. The van der Waals surface area contributed by atoms with Gasteiger partial charge in [0.2, 0.25) is 0 Å². The number of alkyl halides is 1. The van der Waals surface area contributed by atoms with E-state index < -0.39 is 41.6 Å². The molecular weight excluding hydrogens is 596 g/mol. The van der Waals surface area contributed by atoms with E-state index in [0.29, 0.717) is 0 Å². The predicted molar refractivity (Wildman–Crippen MR) is 43.6 cm³/mol. The van der Waals surface area contributed by atoms with E-state index >= 15 is 0 Å². The van der Waals surface area contributed by atoms with Gasteiger partial charge in [-0.05, 0) is 0 Å². The van der Waals surface area contributed by atoms with Gasteiger partial charge in [-0.3, -0.25) is 0 Å². The van der Waals surface area contributed by atoms with Crippen molar-refractivity contribution in [3.63, 3.8) is 0 Å². The van der Waals surface area contributed by atoms with Crippen LogP contribution in [0.1, 0.15) is 0 Å². The van der Waals surface area contributed by atoms with E-state index in [4.69, 9.17) is 3.95 Å². The van der Waals surface area contributed by atoms with Crippen LogP contribution < -0.4 is 25.7 Å². The van der Waals surface area contributed by atoms with Gasteiger partial charge < -0.3 is 0 Å². The van der Waals surface area contributed by atoms with Crippen LogP contribution in [0.2, 0.25) is 0 Å². The maximum Gasteiger partial charge on any atom is 0 e. The number of nitrogens with zero attached hydrogens (tertiary/aromatic N) is 3. The molecule has 11 heavy (non-hydrogen) atoms. The van der Waals surface area contributed by atoms with Crippen molar-refractivity contribution >= 4 is 19.8 Å². The second-order valence-electron chi connectivity index (χ2n) is 1.62. The average Bonchev–Trinajstić information content (AvgIpc) is 2.34. The Labute approximate surface area is 108 Å². The number of hydrogen-bond acceptors (Lipinski definition) is 3. The molecule has 0 saturated heterocycles. The van der Waals surface area contributed by atoms with Crippen molar-refractivity contribution in [2.45, 2.75) is 0 Å². The van der Waals surface area contributed by atoms with Crippen molar-refractivity contribution < 1.29 is 52.9 Å². The van der Waals surface area contributed by atoms with Gasteiger partial charge in [0.1, 0.15) is 0 Å². The van der Waals surface area contributed by atoms with Crippen LogP contribution >= 0.6 is 19.8 Å².